The highest BCUT2D eigenvalue weighted by atomic mass is 79.9. The summed E-state index contributed by atoms with van der Waals surface area (Å²) in [5.74, 6) is -0.254. The van der Waals surface area contributed by atoms with E-state index in [1.54, 1.807) is 6.07 Å². The van der Waals surface area contributed by atoms with E-state index in [4.69, 9.17) is 0 Å². The van der Waals surface area contributed by atoms with Gasteiger partial charge in [-0.05, 0) is 25.2 Å². The van der Waals surface area contributed by atoms with Crippen molar-refractivity contribution in [2.45, 2.75) is 6.54 Å². The Morgan fingerprint density at radius 2 is 2.31 bits per heavy atom. The Bertz CT molecular complexity index is 498. The monoisotopic (exact) mass is 300 g/mol. The number of hydrogen-bond acceptors (Lipinski definition) is 3. The van der Waals surface area contributed by atoms with Crippen LogP contribution < -0.4 is 5.32 Å². The lowest BCUT2D eigenvalue weighted by molar-refractivity contribution is 0.630. The molecule has 0 spiro atoms. The molecule has 84 valence electrons. The zero-order chi connectivity index (χ0) is 11.5. The molecule has 0 amide bonds. The molecule has 2 nitrogen and oxygen atoms in total. The van der Waals surface area contributed by atoms with Gasteiger partial charge in [-0.2, -0.15) is 0 Å². The summed E-state index contributed by atoms with van der Waals surface area (Å²) in [4.78, 5) is 4.36. The smallest absolute Gasteiger partial charge is 0.133 e. The Morgan fingerprint density at radius 1 is 1.50 bits per heavy atom. The minimum absolute atomic E-state index is 0.254. The van der Waals surface area contributed by atoms with Crippen LogP contribution in [0.1, 0.15) is 5.01 Å². The van der Waals surface area contributed by atoms with Gasteiger partial charge in [-0.3, -0.25) is 0 Å². The lowest BCUT2D eigenvalue weighted by atomic mass is 10.1. The quantitative estimate of drug-likeness (QED) is 0.939. The van der Waals surface area contributed by atoms with Crippen molar-refractivity contribution in [1.82, 2.24) is 10.3 Å². The van der Waals surface area contributed by atoms with E-state index in [0.29, 0.717) is 17.8 Å². The SMILES string of the molecule is CNCc1nc(-c2ccc(Br)cc2F)cs1. The summed E-state index contributed by atoms with van der Waals surface area (Å²) in [5, 5.41) is 5.85. The van der Waals surface area contributed by atoms with Gasteiger partial charge in [0.2, 0.25) is 0 Å². The van der Waals surface area contributed by atoms with Crippen LogP contribution >= 0.6 is 27.3 Å². The molecule has 1 aromatic carbocycles. The summed E-state index contributed by atoms with van der Waals surface area (Å²) in [6.45, 7) is 0.711. The largest absolute Gasteiger partial charge is 0.314 e. The number of thiazole rings is 1. The van der Waals surface area contributed by atoms with Gasteiger partial charge in [-0.15, -0.1) is 11.3 Å². The Kier molecular flexibility index (Phi) is 3.68. The van der Waals surface area contributed by atoms with E-state index in [9.17, 15) is 4.39 Å². The minimum atomic E-state index is -0.254. The van der Waals surface area contributed by atoms with Crippen LogP contribution in [0.2, 0.25) is 0 Å². The lowest BCUT2D eigenvalue weighted by Crippen LogP contribution is -2.04. The fourth-order valence-corrected chi connectivity index (χ4v) is 2.50. The van der Waals surface area contributed by atoms with E-state index in [-0.39, 0.29) is 5.82 Å². The van der Waals surface area contributed by atoms with Gasteiger partial charge in [0, 0.05) is 22.0 Å². The van der Waals surface area contributed by atoms with E-state index in [1.165, 1.54) is 17.4 Å². The van der Waals surface area contributed by atoms with Gasteiger partial charge >= 0.3 is 0 Å². The second kappa shape index (κ2) is 5.03. The van der Waals surface area contributed by atoms with Crippen LogP contribution in [0.25, 0.3) is 11.3 Å². The highest BCUT2D eigenvalue weighted by molar-refractivity contribution is 9.10. The molecule has 0 saturated carbocycles. The van der Waals surface area contributed by atoms with Crippen molar-refractivity contribution in [2.24, 2.45) is 0 Å². The second-order valence-corrected chi connectivity index (χ2v) is 5.14. The molecule has 0 aliphatic heterocycles. The molecule has 0 bridgehead atoms. The van der Waals surface area contributed by atoms with Crippen LogP contribution in [0.3, 0.4) is 0 Å². The van der Waals surface area contributed by atoms with E-state index < -0.39 is 0 Å². The minimum Gasteiger partial charge on any atom is -0.314 e. The maximum atomic E-state index is 13.7. The standard InChI is InChI=1S/C11H10BrFN2S/c1-14-5-11-15-10(6-16-11)8-3-2-7(12)4-9(8)13/h2-4,6,14H,5H2,1H3. The van der Waals surface area contributed by atoms with Gasteiger partial charge in [-0.1, -0.05) is 15.9 Å². The summed E-state index contributed by atoms with van der Waals surface area (Å²) in [7, 11) is 1.86. The Labute approximate surface area is 106 Å². The van der Waals surface area contributed by atoms with Crippen LogP contribution in [-0.4, -0.2) is 12.0 Å². The third-order valence-corrected chi connectivity index (χ3v) is 3.43. The third-order valence-electron chi connectivity index (χ3n) is 2.09. The molecule has 16 heavy (non-hydrogen) atoms. The number of rotatable bonds is 3. The van der Waals surface area contributed by atoms with Gasteiger partial charge in [0.05, 0.1) is 5.69 Å². The molecular formula is C11H10BrFN2S. The maximum Gasteiger partial charge on any atom is 0.133 e. The molecule has 1 heterocycles. The number of nitrogens with one attached hydrogen (secondary N) is 1. The van der Waals surface area contributed by atoms with Crippen molar-refractivity contribution in [3.63, 3.8) is 0 Å². The Morgan fingerprint density at radius 3 is 3.00 bits per heavy atom. The summed E-state index contributed by atoms with van der Waals surface area (Å²) in [6, 6.07) is 5.00. The van der Waals surface area contributed by atoms with Crippen molar-refractivity contribution in [3.05, 3.63) is 38.9 Å². The zero-order valence-electron chi connectivity index (χ0n) is 8.63. The number of benzene rings is 1. The Hall–Kier alpha value is -0.780. The Balaban J connectivity index is 2.35. The number of halogens is 2. The number of hydrogen-bond donors (Lipinski definition) is 1. The van der Waals surface area contributed by atoms with Gasteiger partial charge < -0.3 is 5.32 Å². The van der Waals surface area contributed by atoms with E-state index in [2.05, 4.69) is 26.2 Å². The van der Waals surface area contributed by atoms with Crippen molar-refractivity contribution in [1.29, 1.82) is 0 Å². The van der Waals surface area contributed by atoms with Crippen LogP contribution in [0, 0.1) is 5.82 Å². The van der Waals surface area contributed by atoms with Crippen molar-refractivity contribution >= 4 is 27.3 Å². The molecule has 2 rings (SSSR count). The van der Waals surface area contributed by atoms with Gasteiger partial charge in [-0.25, -0.2) is 9.37 Å². The van der Waals surface area contributed by atoms with Crippen LogP contribution in [0.4, 0.5) is 4.39 Å². The molecule has 0 unspecified atom stereocenters. The molecule has 1 N–H and O–H groups in total. The predicted octanol–water partition coefficient (Wildman–Crippen LogP) is 3.43. The molecule has 0 aliphatic rings. The molecule has 0 radical (unpaired) electrons. The first-order valence-corrected chi connectivity index (χ1v) is 6.42. The van der Waals surface area contributed by atoms with E-state index in [0.717, 1.165) is 9.48 Å². The molecule has 2 aromatic rings. The normalized spacial score (nSPS) is 10.7. The average Bonchev–Trinajstić information content (AvgIpc) is 2.67. The summed E-state index contributed by atoms with van der Waals surface area (Å²) < 4.78 is 14.4. The second-order valence-electron chi connectivity index (χ2n) is 3.28. The molecule has 0 aliphatic carbocycles. The molecule has 0 atom stereocenters. The average molecular weight is 301 g/mol. The zero-order valence-corrected chi connectivity index (χ0v) is 11.0. The topological polar surface area (TPSA) is 24.9 Å². The summed E-state index contributed by atoms with van der Waals surface area (Å²) in [5.41, 5.74) is 1.24. The highest BCUT2D eigenvalue weighted by Crippen LogP contribution is 2.26. The number of nitrogens with zero attached hydrogens (tertiary/aromatic N) is 1. The first-order valence-electron chi connectivity index (χ1n) is 4.75. The first-order chi connectivity index (χ1) is 7.70. The van der Waals surface area contributed by atoms with Crippen molar-refractivity contribution in [3.8, 4) is 11.3 Å². The molecule has 1 aromatic heterocycles. The fourth-order valence-electron chi connectivity index (χ4n) is 1.36. The van der Waals surface area contributed by atoms with E-state index >= 15 is 0 Å². The molecule has 5 heteroatoms. The summed E-state index contributed by atoms with van der Waals surface area (Å²) in [6.07, 6.45) is 0. The van der Waals surface area contributed by atoms with Crippen LogP contribution in [-0.2, 0) is 6.54 Å². The highest BCUT2D eigenvalue weighted by Gasteiger charge is 2.09. The van der Waals surface area contributed by atoms with Gasteiger partial charge in [0.1, 0.15) is 10.8 Å². The molecule has 0 saturated heterocycles. The van der Waals surface area contributed by atoms with Crippen LogP contribution in [0.5, 0.6) is 0 Å². The van der Waals surface area contributed by atoms with Crippen LogP contribution in [0.15, 0.2) is 28.1 Å². The molecular weight excluding hydrogens is 291 g/mol. The number of aromatic nitrogens is 1. The predicted molar refractivity (Wildman–Crippen MR) is 68.0 cm³/mol. The van der Waals surface area contributed by atoms with E-state index in [1.807, 2.05) is 18.5 Å². The van der Waals surface area contributed by atoms with Crippen molar-refractivity contribution < 1.29 is 4.39 Å². The third kappa shape index (κ3) is 2.48. The van der Waals surface area contributed by atoms with Gasteiger partial charge in [0.25, 0.3) is 0 Å². The fraction of sp³-hybridized carbons (Fsp3) is 0.182. The lowest BCUT2D eigenvalue weighted by Gasteiger charge is -1.99. The maximum absolute atomic E-state index is 13.7. The first kappa shape index (κ1) is 11.7. The summed E-state index contributed by atoms with van der Waals surface area (Å²) >= 11 is 4.76. The van der Waals surface area contributed by atoms with Crippen molar-refractivity contribution in [2.75, 3.05) is 7.05 Å². The van der Waals surface area contributed by atoms with Gasteiger partial charge in [0.15, 0.2) is 0 Å². The molecule has 0 fully saturated rings.